The number of β-amino-alcohol motifs (C(OH)–C–C–N with tert-alkyl or cyclic N) is 1. The lowest BCUT2D eigenvalue weighted by Gasteiger charge is -2.46. The Balaban J connectivity index is 1.81. The van der Waals surface area contributed by atoms with Crippen LogP contribution >= 0.6 is 11.3 Å². The molecule has 1 saturated heterocycles. The van der Waals surface area contributed by atoms with Gasteiger partial charge in [0.1, 0.15) is 22.1 Å². The molecule has 0 spiro atoms. The van der Waals surface area contributed by atoms with Crippen molar-refractivity contribution < 1.29 is 5.11 Å². The number of fused-ring (bicyclic) bond motifs is 1. The molecule has 1 aliphatic heterocycles. The predicted molar refractivity (Wildman–Crippen MR) is 108 cm³/mol. The van der Waals surface area contributed by atoms with Gasteiger partial charge in [0.05, 0.1) is 37.5 Å². The standard InChI is InChI=1S/C20H21N5OS/c1-24(2)10-16-22-18(25-12-20(26,13-25)8-9-21)17-15(11-27-19(17)23-16)14-6-4-3-5-7-14/h3-7,11,26H,8,10,12-13H2,1-2H3. The van der Waals surface area contributed by atoms with Gasteiger partial charge in [-0.25, -0.2) is 9.97 Å². The highest BCUT2D eigenvalue weighted by Crippen LogP contribution is 2.41. The second-order valence-electron chi connectivity index (χ2n) is 7.31. The average molecular weight is 379 g/mol. The van der Waals surface area contributed by atoms with Gasteiger partial charge in [0.15, 0.2) is 0 Å². The molecule has 6 nitrogen and oxygen atoms in total. The third-order valence-corrected chi connectivity index (χ3v) is 5.55. The third-order valence-electron chi connectivity index (χ3n) is 4.68. The van der Waals surface area contributed by atoms with Crippen molar-refractivity contribution in [3.05, 3.63) is 41.5 Å². The molecule has 0 saturated carbocycles. The van der Waals surface area contributed by atoms with Gasteiger partial charge in [-0.2, -0.15) is 5.26 Å². The van der Waals surface area contributed by atoms with Crippen molar-refractivity contribution in [1.29, 1.82) is 5.26 Å². The smallest absolute Gasteiger partial charge is 0.146 e. The van der Waals surface area contributed by atoms with Crippen LogP contribution in [0.4, 0.5) is 5.82 Å². The maximum Gasteiger partial charge on any atom is 0.146 e. The van der Waals surface area contributed by atoms with Crippen molar-refractivity contribution in [3.8, 4) is 17.2 Å². The molecule has 4 rings (SSSR count). The largest absolute Gasteiger partial charge is 0.385 e. The summed E-state index contributed by atoms with van der Waals surface area (Å²) >= 11 is 1.62. The molecule has 1 aliphatic rings. The minimum Gasteiger partial charge on any atom is -0.385 e. The SMILES string of the molecule is CN(C)Cc1nc(N2CC(O)(CC#N)C2)c2c(-c3ccccc3)csc2n1. The topological polar surface area (TPSA) is 76.3 Å². The number of nitriles is 1. The van der Waals surface area contributed by atoms with Gasteiger partial charge >= 0.3 is 0 Å². The number of hydrogen-bond acceptors (Lipinski definition) is 7. The van der Waals surface area contributed by atoms with E-state index in [4.69, 9.17) is 15.2 Å². The van der Waals surface area contributed by atoms with E-state index in [1.165, 1.54) is 0 Å². The summed E-state index contributed by atoms with van der Waals surface area (Å²) < 4.78 is 0. The van der Waals surface area contributed by atoms with Crippen LogP contribution in [0.1, 0.15) is 12.2 Å². The van der Waals surface area contributed by atoms with Crippen molar-refractivity contribution in [1.82, 2.24) is 14.9 Å². The normalized spacial score (nSPS) is 15.7. The molecule has 0 aliphatic carbocycles. The molecule has 1 N–H and O–H groups in total. The summed E-state index contributed by atoms with van der Waals surface area (Å²) in [4.78, 5) is 14.6. The first-order valence-corrected chi connectivity index (χ1v) is 9.69. The van der Waals surface area contributed by atoms with Gasteiger partial charge in [0.25, 0.3) is 0 Å². The monoisotopic (exact) mass is 379 g/mol. The molecule has 2 aromatic heterocycles. The summed E-state index contributed by atoms with van der Waals surface area (Å²) in [6, 6.07) is 12.3. The number of hydrogen-bond donors (Lipinski definition) is 1. The van der Waals surface area contributed by atoms with Crippen molar-refractivity contribution in [2.45, 2.75) is 18.6 Å². The average Bonchev–Trinajstić information content (AvgIpc) is 3.03. The molecule has 7 heteroatoms. The Morgan fingerprint density at radius 1 is 1.26 bits per heavy atom. The molecule has 0 amide bonds. The molecule has 138 valence electrons. The summed E-state index contributed by atoms with van der Waals surface area (Å²) in [5, 5.41) is 22.5. The zero-order chi connectivity index (χ0) is 19.0. The summed E-state index contributed by atoms with van der Waals surface area (Å²) in [7, 11) is 3.98. The van der Waals surface area contributed by atoms with Crippen LogP contribution in [0.5, 0.6) is 0 Å². The van der Waals surface area contributed by atoms with Crippen LogP contribution in [0.25, 0.3) is 21.3 Å². The molecule has 0 radical (unpaired) electrons. The Labute approximate surface area is 162 Å². The molecule has 3 heterocycles. The Morgan fingerprint density at radius 2 is 2.00 bits per heavy atom. The molecule has 1 fully saturated rings. The van der Waals surface area contributed by atoms with Crippen molar-refractivity contribution in [3.63, 3.8) is 0 Å². The number of anilines is 1. The van der Waals surface area contributed by atoms with Crippen LogP contribution in [0.3, 0.4) is 0 Å². The Bertz CT molecular complexity index is 1000. The number of aliphatic hydroxyl groups is 1. The number of nitrogens with zero attached hydrogens (tertiary/aromatic N) is 5. The van der Waals surface area contributed by atoms with E-state index >= 15 is 0 Å². The van der Waals surface area contributed by atoms with E-state index in [0.717, 1.165) is 33.0 Å². The van der Waals surface area contributed by atoms with Gasteiger partial charge in [0, 0.05) is 10.9 Å². The van der Waals surface area contributed by atoms with Crippen molar-refractivity contribution in [2.24, 2.45) is 0 Å². The van der Waals surface area contributed by atoms with Gasteiger partial charge in [-0.1, -0.05) is 30.3 Å². The molecule has 27 heavy (non-hydrogen) atoms. The lowest BCUT2D eigenvalue weighted by molar-refractivity contribution is 0.0163. The van der Waals surface area contributed by atoms with Crippen LogP contribution in [0, 0.1) is 11.3 Å². The molecular weight excluding hydrogens is 358 g/mol. The van der Waals surface area contributed by atoms with Crippen LogP contribution in [-0.2, 0) is 6.54 Å². The van der Waals surface area contributed by atoms with E-state index in [0.29, 0.717) is 19.6 Å². The van der Waals surface area contributed by atoms with E-state index < -0.39 is 5.60 Å². The zero-order valence-electron chi connectivity index (χ0n) is 15.4. The summed E-state index contributed by atoms with van der Waals surface area (Å²) in [5.41, 5.74) is 1.29. The highest BCUT2D eigenvalue weighted by molar-refractivity contribution is 7.17. The minimum absolute atomic E-state index is 0.136. The third kappa shape index (κ3) is 3.39. The highest BCUT2D eigenvalue weighted by Gasteiger charge is 2.42. The first-order valence-electron chi connectivity index (χ1n) is 8.82. The van der Waals surface area contributed by atoms with Gasteiger partial charge in [-0.3, -0.25) is 0 Å². The van der Waals surface area contributed by atoms with Crippen LogP contribution in [-0.4, -0.2) is 52.8 Å². The number of thiophene rings is 1. The van der Waals surface area contributed by atoms with E-state index in [9.17, 15) is 5.11 Å². The summed E-state index contributed by atoms with van der Waals surface area (Å²) in [5.74, 6) is 1.61. The predicted octanol–water partition coefficient (Wildman–Crippen LogP) is 2.88. The first kappa shape index (κ1) is 17.9. The van der Waals surface area contributed by atoms with E-state index in [1.54, 1.807) is 11.3 Å². The fraction of sp³-hybridized carbons (Fsp3) is 0.350. The van der Waals surface area contributed by atoms with Crippen LogP contribution in [0.15, 0.2) is 35.7 Å². The Morgan fingerprint density at radius 3 is 2.67 bits per heavy atom. The van der Waals surface area contributed by atoms with Gasteiger partial charge in [0.2, 0.25) is 0 Å². The second-order valence-corrected chi connectivity index (χ2v) is 8.17. The quantitative estimate of drug-likeness (QED) is 0.735. The van der Waals surface area contributed by atoms with E-state index in [-0.39, 0.29) is 6.42 Å². The maximum atomic E-state index is 10.5. The van der Waals surface area contributed by atoms with E-state index in [1.807, 2.05) is 37.2 Å². The fourth-order valence-electron chi connectivity index (χ4n) is 3.45. The summed E-state index contributed by atoms with van der Waals surface area (Å²) in [6.07, 6.45) is 0.136. The lowest BCUT2D eigenvalue weighted by atomic mass is 9.90. The highest BCUT2D eigenvalue weighted by atomic mass is 32.1. The maximum absolute atomic E-state index is 10.5. The zero-order valence-corrected chi connectivity index (χ0v) is 16.2. The molecule has 0 unspecified atom stereocenters. The summed E-state index contributed by atoms with van der Waals surface area (Å²) in [6.45, 7) is 1.48. The molecule has 0 atom stereocenters. The molecular formula is C20H21N5OS. The van der Waals surface area contributed by atoms with Gasteiger partial charge < -0.3 is 14.9 Å². The molecule has 0 bridgehead atoms. The number of rotatable bonds is 5. The van der Waals surface area contributed by atoms with Crippen LogP contribution < -0.4 is 4.90 Å². The van der Waals surface area contributed by atoms with Crippen LogP contribution in [0.2, 0.25) is 0 Å². The Kier molecular flexibility index (Phi) is 4.56. The van der Waals surface area contributed by atoms with Gasteiger partial charge in [-0.05, 0) is 19.7 Å². The van der Waals surface area contributed by atoms with Crippen molar-refractivity contribution >= 4 is 27.4 Å². The lowest BCUT2D eigenvalue weighted by Crippen LogP contribution is -2.62. The first-order chi connectivity index (χ1) is 13.0. The number of aromatic nitrogens is 2. The van der Waals surface area contributed by atoms with Gasteiger partial charge in [-0.15, -0.1) is 11.3 Å². The Hall–Kier alpha value is -2.53. The number of benzene rings is 1. The molecule has 3 aromatic rings. The second kappa shape index (κ2) is 6.89. The van der Waals surface area contributed by atoms with Crippen molar-refractivity contribution in [2.75, 3.05) is 32.1 Å². The fourth-order valence-corrected chi connectivity index (χ4v) is 4.41. The van der Waals surface area contributed by atoms with E-state index in [2.05, 4.69) is 28.5 Å². The minimum atomic E-state index is -0.948. The molecule has 1 aromatic carbocycles.